The maximum atomic E-state index is 11.0. The third-order valence-corrected chi connectivity index (χ3v) is 3.79. The Labute approximate surface area is 98.5 Å². The Bertz CT molecular complexity index is 378. The monoisotopic (exact) mass is 238 g/mol. The molecule has 2 heterocycles. The topological polar surface area (TPSA) is 62.2 Å². The van der Waals surface area contributed by atoms with Crippen LogP contribution in [0, 0.1) is 0 Å². The Balaban J connectivity index is 2.10. The van der Waals surface area contributed by atoms with Crippen LogP contribution in [0.25, 0.3) is 0 Å². The highest BCUT2D eigenvalue weighted by molar-refractivity contribution is 7.99. The molecule has 0 spiro atoms. The average Bonchev–Trinajstić information content (AvgIpc) is 2.31. The molecule has 0 saturated carbocycles. The van der Waals surface area contributed by atoms with E-state index in [4.69, 9.17) is 5.11 Å². The molecule has 1 aromatic heterocycles. The number of anilines is 1. The third-order valence-electron chi connectivity index (χ3n) is 2.57. The molecule has 86 valence electrons. The molecule has 1 aliphatic rings. The van der Waals surface area contributed by atoms with Gasteiger partial charge in [-0.25, -0.2) is 4.79 Å². The molecule has 1 atom stereocenters. The molecule has 0 aliphatic carbocycles. The molecule has 5 heteroatoms. The molecule has 2 N–H and O–H groups in total. The van der Waals surface area contributed by atoms with Crippen LogP contribution in [0.2, 0.25) is 0 Å². The van der Waals surface area contributed by atoms with Crippen LogP contribution in [-0.2, 0) is 0 Å². The fourth-order valence-electron chi connectivity index (χ4n) is 1.77. The van der Waals surface area contributed by atoms with E-state index in [9.17, 15) is 4.79 Å². The van der Waals surface area contributed by atoms with Crippen molar-refractivity contribution < 1.29 is 9.90 Å². The number of hydrogen-bond acceptors (Lipinski definition) is 4. The lowest BCUT2D eigenvalue weighted by molar-refractivity contribution is 0.0697. The summed E-state index contributed by atoms with van der Waals surface area (Å²) >= 11 is 1.91. The minimum Gasteiger partial charge on any atom is -0.478 e. The number of nitrogens with one attached hydrogen (secondary N) is 1. The van der Waals surface area contributed by atoms with E-state index in [1.807, 2.05) is 11.8 Å². The summed E-state index contributed by atoms with van der Waals surface area (Å²) < 4.78 is 0. The van der Waals surface area contributed by atoms with Crippen LogP contribution in [-0.4, -0.2) is 33.6 Å². The number of hydrogen-bond donors (Lipinski definition) is 2. The molecule has 1 unspecified atom stereocenters. The SMILES string of the molecule is O=C(O)c1cnccc1NC1CCCSC1. The van der Waals surface area contributed by atoms with Crippen LogP contribution in [0.5, 0.6) is 0 Å². The number of carboxylic acids is 1. The summed E-state index contributed by atoms with van der Waals surface area (Å²) in [6.45, 7) is 0. The van der Waals surface area contributed by atoms with Crippen LogP contribution in [0.1, 0.15) is 23.2 Å². The summed E-state index contributed by atoms with van der Waals surface area (Å²) in [6.07, 6.45) is 5.30. The van der Waals surface area contributed by atoms with Crippen LogP contribution >= 0.6 is 11.8 Å². The summed E-state index contributed by atoms with van der Waals surface area (Å²) in [5.74, 6) is 1.32. The number of pyridine rings is 1. The van der Waals surface area contributed by atoms with Gasteiger partial charge < -0.3 is 10.4 Å². The van der Waals surface area contributed by atoms with Crippen molar-refractivity contribution in [3.8, 4) is 0 Å². The zero-order valence-corrected chi connectivity index (χ0v) is 9.67. The number of rotatable bonds is 3. The largest absolute Gasteiger partial charge is 0.478 e. The van der Waals surface area contributed by atoms with E-state index in [-0.39, 0.29) is 5.56 Å². The number of aromatic carboxylic acids is 1. The Morgan fingerprint density at radius 1 is 1.62 bits per heavy atom. The highest BCUT2D eigenvalue weighted by Gasteiger charge is 2.16. The van der Waals surface area contributed by atoms with Crippen molar-refractivity contribution in [3.05, 3.63) is 24.0 Å². The van der Waals surface area contributed by atoms with E-state index in [0.717, 1.165) is 12.2 Å². The van der Waals surface area contributed by atoms with Gasteiger partial charge in [0.2, 0.25) is 0 Å². The lowest BCUT2D eigenvalue weighted by Gasteiger charge is -2.24. The Morgan fingerprint density at radius 2 is 2.50 bits per heavy atom. The van der Waals surface area contributed by atoms with Crippen LogP contribution in [0.4, 0.5) is 5.69 Å². The third kappa shape index (κ3) is 2.66. The standard InChI is InChI=1S/C11H14N2O2S/c14-11(15)9-6-12-4-3-10(9)13-8-2-1-5-16-7-8/h3-4,6,8H,1-2,5,7H2,(H,12,13)(H,14,15). The van der Waals surface area contributed by atoms with Crippen molar-refractivity contribution in [2.24, 2.45) is 0 Å². The molecule has 0 bridgehead atoms. The van der Waals surface area contributed by atoms with Crippen LogP contribution in [0.3, 0.4) is 0 Å². The fourth-order valence-corrected chi connectivity index (χ4v) is 2.84. The number of thioether (sulfide) groups is 1. The summed E-state index contributed by atoms with van der Waals surface area (Å²) in [6, 6.07) is 2.10. The predicted octanol–water partition coefficient (Wildman–Crippen LogP) is 2.09. The Hall–Kier alpha value is -1.23. The predicted molar refractivity (Wildman–Crippen MR) is 65.2 cm³/mol. The normalized spacial score (nSPS) is 20.4. The second-order valence-electron chi connectivity index (χ2n) is 3.78. The number of carbonyl (C=O) groups is 1. The molecule has 1 aromatic rings. The van der Waals surface area contributed by atoms with Gasteiger partial charge in [0, 0.05) is 24.2 Å². The van der Waals surface area contributed by atoms with Gasteiger partial charge in [-0.2, -0.15) is 11.8 Å². The molecule has 2 rings (SSSR count). The molecular weight excluding hydrogens is 224 g/mol. The quantitative estimate of drug-likeness (QED) is 0.844. The summed E-state index contributed by atoms with van der Waals surface area (Å²) in [5.41, 5.74) is 0.924. The lowest BCUT2D eigenvalue weighted by atomic mass is 10.1. The summed E-state index contributed by atoms with van der Waals surface area (Å²) in [4.78, 5) is 14.8. The lowest BCUT2D eigenvalue weighted by Crippen LogP contribution is -2.26. The van der Waals surface area contributed by atoms with Gasteiger partial charge in [0.15, 0.2) is 0 Å². The van der Waals surface area contributed by atoms with Crippen molar-refractivity contribution in [2.75, 3.05) is 16.8 Å². The van der Waals surface area contributed by atoms with E-state index in [2.05, 4.69) is 10.3 Å². The smallest absolute Gasteiger partial charge is 0.339 e. The summed E-state index contributed by atoms with van der Waals surface area (Å²) in [5, 5.41) is 12.3. The maximum absolute atomic E-state index is 11.0. The van der Waals surface area contributed by atoms with Crippen molar-refractivity contribution >= 4 is 23.4 Å². The molecule has 1 fully saturated rings. The van der Waals surface area contributed by atoms with Crippen LogP contribution in [0.15, 0.2) is 18.5 Å². The van der Waals surface area contributed by atoms with Crippen molar-refractivity contribution in [1.82, 2.24) is 4.98 Å². The second-order valence-corrected chi connectivity index (χ2v) is 4.93. The van der Waals surface area contributed by atoms with Crippen molar-refractivity contribution in [1.29, 1.82) is 0 Å². The highest BCUT2D eigenvalue weighted by Crippen LogP contribution is 2.22. The first-order chi connectivity index (χ1) is 7.77. The van der Waals surface area contributed by atoms with E-state index in [1.54, 1.807) is 12.3 Å². The number of aromatic nitrogens is 1. The van der Waals surface area contributed by atoms with E-state index in [1.165, 1.54) is 18.4 Å². The first kappa shape index (κ1) is 11.3. The van der Waals surface area contributed by atoms with E-state index >= 15 is 0 Å². The van der Waals surface area contributed by atoms with Gasteiger partial charge in [0.1, 0.15) is 5.56 Å². The first-order valence-corrected chi connectivity index (χ1v) is 6.44. The maximum Gasteiger partial charge on any atom is 0.339 e. The van der Waals surface area contributed by atoms with Gasteiger partial charge in [-0.05, 0) is 24.7 Å². The zero-order valence-electron chi connectivity index (χ0n) is 8.85. The molecule has 0 aromatic carbocycles. The van der Waals surface area contributed by atoms with Gasteiger partial charge in [-0.15, -0.1) is 0 Å². The van der Waals surface area contributed by atoms with Crippen LogP contribution < -0.4 is 5.32 Å². The Kier molecular flexibility index (Phi) is 3.66. The van der Waals surface area contributed by atoms with Crippen molar-refractivity contribution in [3.63, 3.8) is 0 Å². The minimum absolute atomic E-state index is 0.248. The van der Waals surface area contributed by atoms with E-state index in [0.29, 0.717) is 11.7 Å². The minimum atomic E-state index is -0.931. The molecule has 0 radical (unpaired) electrons. The van der Waals surface area contributed by atoms with Gasteiger partial charge >= 0.3 is 5.97 Å². The van der Waals surface area contributed by atoms with Gasteiger partial charge in [0.25, 0.3) is 0 Å². The number of nitrogens with zero attached hydrogens (tertiary/aromatic N) is 1. The first-order valence-electron chi connectivity index (χ1n) is 5.29. The second kappa shape index (κ2) is 5.21. The zero-order chi connectivity index (χ0) is 11.4. The highest BCUT2D eigenvalue weighted by atomic mass is 32.2. The molecule has 1 saturated heterocycles. The van der Waals surface area contributed by atoms with Gasteiger partial charge in [0.05, 0.1) is 5.69 Å². The molecule has 4 nitrogen and oxygen atoms in total. The van der Waals surface area contributed by atoms with E-state index < -0.39 is 5.97 Å². The molecule has 16 heavy (non-hydrogen) atoms. The number of carboxylic acid groups (broad SMARTS) is 1. The molecule has 1 aliphatic heterocycles. The fraction of sp³-hybridized carbons (Fsp3) is 0.455. The van der Waals surface area contributed by atoms with Crippen molar-refractivity contribution in [2.45, 2.75) is 18.9 Å². The van der Waals surface area contributed by atoms with Gasteiger partial charge in [-0.1, -0.05) is 0 Å². The van der Waals surface area contributed by atoms with Gasteiger partial charge in [-0.3, -0.25) is 4.98 Å². The summed E-state index contributed by atoms with van der Waals surface area (Å²) in [7, 11) is 0. The molecule has 0 amide bonds. The Morgan fingerprint density at radius 3 is 3.19 bits per heavy atom. The molecular formula is C11H14N2O2S. The average molecular weight is 238 g/mol.